The van der Waals surface area contributed by atoms with Gasteiger partial charge in [0.2, 0.25) is 0 Å². The van der Waals surface area contributed by atoms with Gasteiger partial charge >= 0.3 is 17.9 Å². The number of hydrogen-bond donors (Lipinski definition) is 0. The second kappa shape index (κ2) is 66.4. The van der Waals surface area contributed by atoms with Crippen molar-refractivity contribution in [3.8, 4) is 0 Å². The first-order valence-corrected chi connectivity index (χ1v) is 33.9. The monoisotopic (exact) mass is 1090 g/mol. The SMILES string of the molecule is CC/C=C\C/C=C\C/C=C\C/C=C\C/C=C\C/C=C\CCCCCCCCCCCCCCCCC(=O)OCC(COC(=O)CCCCCCCCC)OC(=O)CCCCCCCCCCCCCCCCCCCCCC. The molecule has 0 saturated heterocycles. The molecule has 0 rings (SSSR count). The first kappa shape index (κ1) is 74.8. The van der Waals surface area contributed by atoms with Gasteiger partial charge in [0.05, 0.1) is 0 Å². The molecule has 0 bridgehead atoms. The van der Waals surface area contributed by atoms with E-state index in [9.17, 15) is 14.4 Å². The van der Waals surface area contributed by atoms with Crippen LogP contribution < -0.4 is 0 Å². The van der Waals surface area contributed by atoms with Crippen LogP contribution in [0.5, 0.6) is 0 Å². The van der Waals surface area contributed by atoms with E-state index in [4.69, 9.17) is 14.2 Å². The molecule has 1 atom stereocenters. The van der Waals surface area contributed by atoms with Gasteiger partial charge in [-0.05, 0) is 70.6 Å². The van der Waals surface area contributed by atoms with Gasteiger partial charge in [0.15, 0.2) is 6.10 Å². The summed E-state index contributed by atoms with van der Waals surface area (Å²) in [6.45, 7) is 6.53. The van der Waals surface area contributed by atoms with Crippen molar-refractivity contribution in [2.24, 2.45) is 0 Å². The highest BCUT2D eigenvalue weighted by molar-refractivity contribution is 5.71. The fourth-order valence-electron chi connectivity index (χ4n) is 9.92. The molecule has 0 aromatic rings. The minimum absolute atomic E-state index is 0.0695. The summed E-state index contributed by atoms with van der Waals surface area (Å²) >= 11 is 0. The lowest BCUT2D eigenvalue weighted by molar-refractivity contribution is -0.167. The molecule has 0 aromatic heterocycles. The van der Waals surface area contributed by atoms with E-state index in [0.717, 1.165) is 96.3 Å². The molecule has 0 heterocycles. The van der Waals surface area contributed by atoms with E-state index in [1.807, 2.05) is 0 Å². The summed E-state index contributed by atoms with van der Waals surface area (Å²) in [5.74, 6) is -0.857. The van der Waals surface area contributed by atoms with Gasteiger partial charge in [-0.25, -0.2) is 0 Å². The van der Waals surface area contributed by atoms with Crippen molar-refractivity contribution in [3.63, 3.8) is 0 Å². The Morgan fingerprint density at radius 3 is 0.782 bits per heavy atom. The van der Waals surface area contributed by atoms with Crippen LogP contribution in [0.15, 0.2) is 72.9 Å². The van der Waals surface area contributed by atoms with Crippen LogP contribution in [0.2, 0.25) is 0 Å². The highest BCUT2D eigenvalue weighted by Gasteiger charge is 2.19. The third-order valence-electron chi connectivity index (χ3n) is 15.0. The van der Waals surface area contributed by atoms with Crippen LogP contribution in [0.1, 0.15) is 348 Å². The Balaban J connectivity index is 4.04. The molecule has 452 valence electrons. The minimum Gasteiger partial charge on any atom is -0.462 e. The van der Waals surface area contributed by atoms with E-state index in [0.29, 0.717) is 19.3 Å². The molecule has 6 nitrogen and oxygen atoms in total. The van der Waals surface area contributed by atoms with Gasteiger partial charge in [0.25, 0.3) is 0 Å². The van der Waals surface area contributed by atoms with Crippen LogP contribution in [0.25, 0.3) is 0 Å². The minimum atomic E-state index is -0.769. The Morgan fingerprint density at radius 1 is 0.269 bits per heavy atom. The molecule has 0 fully saturated rings. The first-order valence-electron chi connectivity index (χ1n) is 33.9. The van der Waals surface area contributed by atoms with Gasteiger partial charge in [-0.3, -0.25) is 14.4 Å². The van der Waals surface area contributed by atoms with Crippen molar-refractivity contribution < 1.29 is 28.6 Å². The lowest BCUT2D eigenvalue weighted by Crippen LogP contribution is -2.30. The van der Waals surface area contributed by atoms with E-state index in [1.165, 1.54) is 212 Å². The fourth-order valence-corrected chi connectivity index (χ4v) is 9.92. The maximum absolute atomic E-state index is 12.9. The topological polar surface area (TPSA) is 78.9 Å². The predicted octanol–water partition coefficient (Wildman–Crippen LogP) is 23.3. The summed E-state index contributed by atoms with van der Waals surface area (Å²) in [7, 11) is 0. The summed E-state index contributed by atoms with van der Waals surface area (Å²) < 4.78 is 16.9. The molecule has 0 aromatic carbocycles. The molecule has 78 heavy (non-hydrogen) atoms. The van der Waals surface area contributed by atoms with Crippen LogP contribution in [-0.2, 0) is 28.6 Å². The third-order valence-corrected chi connectivity index (χ3v) is 15.0. The van der Waals surface area contributed by atoms with Gasteiger partial charge in [-0.2, -0.15) is 0 Å². The quantitative estimate of drug-likeness (QED) is 0.0261. The Labute approximate surface area is 484 Å². The first-order chi connectivity index (χ1) is 38.5. The zero-order valence-electron chi connectivity index (χ0n) is 51.9. The maximum Gasteiger partial charge on any atom is 0.306 e. The van der Waals surface area contributed by atoms with Crippen molar-refractivity contribution in [2.45, 2.75) is 354 Å². The van der Waals surface area contributed by atoms with E-state index in [1.54, 1.807) is 0 Å². The van der Waals surface area contributed by atoms with Gasteiger partial charge in [-0.15, -0.1) is 0 Å². The standard InChI is InChI=1S/C72H128O6/c1-4-7-10-13-16-18-20-22-24-26-28-30-31-32-33-34-35-36-37-38-39-40-41-42-44-45-47-49-51-53-56-59-62-65-71(74)77-68-69(67-76-70(73)64-61-58-55-15-12-9-6-3)78-72(75)66-63-60-57-54-52-50-48-46-43-29-27-25-23-21-19-17-14-11-8-5-2/h7,10,16,18,22,24,28,30,32-33,35-36,69H,4-6,8-9,11-15,17,19-21,23,25-27,29,31,34,37-68H2,1-3H3/b10-7-,18-16-,24-22-,30-28-,33-32-,36-35-. The van der Waals surface area contributed by atoms with Crippen molar-refractivity contribution in [1.29, 1.82) is 0 Å². The number of rotatable bonds is 62. The Morgan fingerprint density at radius 2 is 0.500 bits per heavy atom. The average Bonchev–Trinajstić information content (AvgIpc) is 3.44. The fraction of sp³-hybridized carbons (Fsp3) is 0.792. The van der Waals surface area contributed by atoms with E-state index >= 15 is 0 Å². The third kappa shape index (κ3) is 63.7. The molecule has 0 amide bonds. The maximum atomic E-state index is 12.9. The largest absolute Gasteiger partial charge is 0.462 e. The summed E-state index contributed by atoms with van der Waals surface area (Å²) in [4.78, 5) is 38.1. The summed E-state index contributed by atoms with van der Waals surface area (Å²) in [5.41, 5.74) is 0. The molecule has 0 aliphatic rings. The van der Waals surface area contributed by atoms with Crippen LogP contribution in [0.4, 0.5) is 0 Å². The summed E-state index contributed by atoms with van der Waals surface area (Å²) in [6, 6.07) is 0. The Hall–Kier alpha value is -3.15. The van der Waals surface area contributed by atoms with Crippen molar-refractivity contribution in [1.82, 2.24) is 0 Å². The summed E-state index contributed by atoms with van der Waals surface area (Å²) in [5, 5.41) is 0. The van der Waals surface area contributed by atoms with Crippen molar-refractivity contribution >= 4 is 17.9 Å². The number of unbranched alkanes of at least 4 members (excludes halogenated alkanes) is 39. The number of allylic oxidation sites excluding steroid dienone is 12. The normalized spacial score (nSPS) is 12.5. The lowest BCUT2D eigenvalue weighted by atomic mass is 10.0. The lowest BCUT2D eigenvalue weighted by Gasteiger charge is -2.18. The van der Waals surface area contributed by atoms with Gasteiger partial charge in [0.1, 0.15) is 13.2 Å². The molecule has 1 unspecified atom stereocenters. The molecule has 0 saturated carbocycles. The second-order valence-electron chi connectivity index (χ2n) is 22.7. The number of esters is 3. The van der Waals surface area contributed by atoms with Gasteiger partial charge in [-0.1, -0.05) is 331 Å². The number of carbonyl (C=O) groups excluding carboxylic acids is 3. The van der Waals surface area contributed by atoms with Crippen LogP contribution >= 0.6 is 0 Å². The molecule has 0 radical (unpaired) electrons. The molecule has 0 N–H and O–H groups in total. The second-order valence-corrected chi connectivity index (χ2v) is 22.7. The molecule has 0 aliphatic heterocycles. The molecule has 0 aliphatic carbocycles. The number of ether oxygens (including phenoxy) is 3. The number of carbonyl (C=O) groups is 3. The molecular formula is C72H128O6. The predicted molar refractivity (Wildman–Crippen MR) is 339 cm³/mol. The van der Waals surface area contributed by atoms with E-state index in [2.05, 4.69) is 93.7 Å². The van der Waals surface area contributed by atoms with Crippen molar-refractivity contribution in [2.75, 3.05) is 13.2 Å². The molecule has 6 heteroatoms. The average molecular weight is 1090 g/mol. The Kier molecular flexibility index (Phi) is 63.7. The smallest absolute Gasteiger partial charge is 0.306 e. The van der Waals surface area contributed by atoms with Crippen LogP contribution in [-0.4, -0.2) is 37.2 Å². The summed E-state index contributed by atoms with van der Waals surface area (Å²) in [6.07, 6.45) is 86.7. The van der Waals surface area contributed by atoms with E-state index in [-0.39, 0.29) is 31.1 Å². The van der Waals surface area contributed by atoms with Crippen LogP contribution in [0.3, 0.4) is 0 Å². The van der Waals surface area contributed by atoms with Gasteiger partial charge < -0.3 is 14.2 Å². The van der Waals surface area contributed by atoms with Gasteiger partial charge in [0, 0.05) is 19.3 Å². The zero-order valence-corrected chi connectivity index (χ0v) is 51.9. The van der Waals surface area contributed by atoms with Crippen LogP contribution in [0, 0.1) is 0 Å². The Bertz CT molecular complexity index is 1440. The van der Waals surface area contributed by atoms with E-state index < -0.39 is 6.10 Å². The zero-order chi connectivity index (χ0) is 56.4. The number of hydrogen-bond acceptors (Lipinski definition) is 6. The highest BCUT2D eigenvalue weighted by Crippen LogP contribution is 2.18. The molecule has 0 spiro atoms. The highest BCUT2D eigenvalue weighted by atomic mass is 16.6. The van der Waals surface area contributed by atoms with Crippen molar-refractivity contribution in [3.05, 3.63) is 72.9 Å². The molecular weight excluding hydrogens is 961 g/mol.